The molecule has 0 bridgehead atoms. The fraction of sp³-hybridized carbons (Fsp3) is 0.214. The molecule has 0 fully saturated rings. The predicted octanol–water partition coefficient (Wildman–Crippen LogP) is 4.07. The van der Waals surface area contributed by atoms with Crippen LogP contribution in [0.1, 0.15) is 21.5 Å². The molecule has 0 aliphatic carbocycles. The predicted molar refractivity (Wildman–Crippen MR) is 70.8 cm³/mol. The molecular weight excluding hydrogens is 262 g/mol. The van der Waals surface area contributed by atoms with E-state index in [1.807, 2.05) is 12.3 Å². The fourth-order valence-corrected chi connectivity index (χ4v) is 2.33. The molecule has 0 aliphatic heterocycles. The van der Waals surface area contributed by atoms with Crippen molar-refractivity contribution in [2.75, 3.05) is 0 Å². The number of hydrogen-bond acceptors (Lipinski definition) is 1. The molecule has 1 unspecified atom stereocenters. The van der Waals surface area contributed by atoms with Gasteiger partial charge in [0.25, 0.3) is 0 Å². The molecule has 0 saturated carbocycles. The standard InChI is InChI=1S/C14H14BrN/c1-11-5-2-3-6-12(11)9-14(15)13-7-4-8-16-10-13/h2-8,10,14H,9H2,1H3. The van der Waals surface area contributed by atoms with E-state index in [0.717, 1.165) is 6.42 Å². The van der Waals surface area contributed by atoms with Crippen molar-refractivity contribution in [3.05, 3.63) is 65.5 Å². The topological polar surface area (TPSA) is 12.9 Å². The van der Waals surface area contributed by atoms with Crippen LogP contribution in [0.15, 0.2) is 48.8 Å². The van der Waals surface area contributed by atoms with Crippen molar-refractivity contribution >= 4 is 15.9 Å². The second-order valence-corrected chi connectivity index (χ2v) is 4.99. The third-order valence-corrected chi connectivity index (χ3v) is 3.56. The zero-order valence-corrected chi connectivity index (χ0v) is 10.8. The Balaban J connectivity index is 2.14. The van der Waals surface area contributed by atoms with E-state index in [1.165, 1.54) is 16.7 Å². The summed E-state index contributed by atoms with van der Waals surface area (Å²) in [6.45, 7) is 2.15. The molecule has 0 amide bonds. The minimum Gasteiger partial charge on any atom is -0.264 e. The van der Waals surface area contributed by atoms with E-state index < -0.39 is 0 Å². The molecule has 1 aromatic carbocycles. The van der Waals surface area contributed by atoms with E-state index in [9.17, 15) is 0 Å². The van der Waals surface area contributed by atoms with Crippen LogP contribution in [-0.2, 0) is 6.42 Å². The first-order valence-electron chi connectivity index (χ1n) is 5.36. The highest BCUT2D eigenvalue weighted by Crippen LogP contribution is 2.27. The van der Waals surface area contributed by atoms with E-state index in [-0.39, 0.29) is 0 Å². The molecule has 16 heavy (non-hydrogen) atoms. The van der Waals surface area contributed by atoms with Gasteiger partial charge in [0.15, 0.2) is 0 Å². The molecule has 0 radical (unpaired) electrons. The first-order valence-corrected chi connectivity index (χ1v) is 6.27. The molecule has 1 nitrogen and oxygen atoms in total. The van der Waals surface area contributed by atoms with Gasteiger partial charge in [-0.05, 0) is 36.1 Å². The van der Waals surface area contributed by atoms with Gasteiger partial charge in [0.2, 0.25) is 0 Å². The van der Waals surface area contributed by atoms with Gasteiger partial charge in [-0.2, -0.15) is 0 Å². The van der Waals surface area contributed by atoms with Crippen molar-refractivity contribution in [3.8, 4) is 0 Å². The van der Waals surface area contributed by atoms with Crippen LogP contribution < -0.4 is 0 Å². The SMILES string of the molecule is Cc1ccccc1CC(Br)c1cccnc1. The molecule has 1 aromatic heterocycles. The van der Waals surface area contributed by atoms with Gasteiger partial charge in [0, 0.05) is 17.2 Å². The average Bonchev–Trinajstić information content (AvgIpc) is 2.33. The maximum absolute atomic E-state index is 4.14. The Hall–Kier alpha value is -1.15. The van der Waals surface area contributed by atoms with Gasteiger partial charge in [-0.1, -0.05) is 46.3 Å². The van der Waals surface area contributed by atoms with Gasteiger partial charge in [-0.3, -0.25) is 4.98 Å². The normalized spacial score (nSPS) is 12.4. The van der Waals surface area contributed by atoms with E-state index in [0.29, 0.717) is 4.83 Å². The quantitative estimate of drug-likeness (QED) is 0.770. The highest BCUT2D eigenvalue weighted by Gasteiger charge is 2.09. The first-order chi connectivity index (χ1) is 7.77. The van der Waals surface area contributed by atoms with Crippen LogP contribution in [0.25, 0.3) is 0 Å². The zero-order chi connectivity index (χ0) is 11.4. The highest BCUT2D eigenvalue weighted by atomic mass is 79.9. The number of alkyl halides is 1. The molecule has 1 heterocycles. The van der Waals surface area contributed by atoms with Crippen LogP contribution in [0, 0.1) is 6.92 Å². The van der Waals surface area contributed by atoms with Gasteiger partial charge in [0.05, 0.1) is 0 Å². The third kappa shape index (κ3) is 2.70. The number of pyridine rings is 1. The summed E-state index contributed by atoms with van der Waals surface area (Å²) in [5, 5.41) is 0. The Morgan fingerprint density at radius 2 is 2.00 bits per heavy atom. The molecule has 82 valence electrons. The number of halogens is 1. The summed E-state index contributed by atoms with van der Waals surface area (Å²) >= 11 is 3.72. The zero-order valence-electron chi connectivity index (χ0n) is 9.23. The highest BCUT2D eigenvalue weighted by molar-refractivity contribution is 9.09. The number of aryl methyl sites for hydroxylation is 1. The number of aromatic nitrogens is 1. The average molecular weight is 276 g/mol. The van der Waals surface area contributed by atoms with E-state index >= 15 is 0 Å². The lowest BCUT2D eigenvalue weighted by atomic mass is 10.0. The second kappa shape index (κ2) is 5.26. The molecule has 0 saturated heterocycles. The largest absolute Gasteiger partial charge is 0.264 e. The minimum absolute atomic E-state index is 0.335. The Labute approximate surface area is 105 Å². The van der Waals surface area contributed by atoms with Gasteiger partial charge >= 0.3 is 0 Å². The van der Waals surface area contributed by atoms with Gasteiger partial charge in [-0.25, -0.2) is 0 Å². The summed E-state index contributed by atoms with van der Waals surface area (Å²) in [6.07, 6.45) is 4.72. The van der Waals surface area contributed by atoms with Crippen LogP contribution in [0.3, 0.4) is 0 Å². The van der Waals surface area contributed by atoms with Gasteiger partial charge < -0.3 is 0 Å². The van der Waals surface area contributed by atoms with E-state index in [4.69, 9.17) is 0 Å². The lowest BCUT2D eigenvalue weighted by Crippen LogP contribution is -1.97. The van der Waals surface area contributed by atoms with Crippen molar-refractivity contribution in [1.29, 1.82) is 0 Å². The lowest BCUT2D eigenvalue weighted by Gasteiger charge is -2.11. The Morgan fingerprint density at radius 3 is 2.69 bits per heavy atom. The molecule has 0 aliphatic rings. The Kier molecular flexibility index (Phi) is 3.73. The van der Waals surface area contributed by atoms with Gasteiger partial charge in [-0.15, -0.1) is 0 Å². The smallest absolute Gasteiger partial charge is 0.0450 e. The van der Waals surface area contributed by atoms with Crippen molar-refractivity contribution < 1.29 is 0 Å². The van der Waals surface area contributed by atoms with Crippen LogP contribution in [0.4, 0.5) is 0 Å². The summed E-state index contributed by atoms with van der Waals surface area (Å²) in [7, 11) is 0. The summed E-state index contributed by atoms with van der Waals surface area (Å²) in [4.78, 5) is 4.48. The maximum Gasteiger partial charge on any atom is 0.0450 e. The molecule has 2 rings (SSSR count). The molecule has 0 N–H and O–H groups in total. The molecule has 2 heteroatoms. The maximum atomic E-state index is 4.14. The third-order valence-electron chi connectivity index (χ3n) is 2.71. The summed E-state index contributed by atoms with van der Waals surface area (Å²) < 4.78 is 0. The number of rotatable bonds is 3. The molecule has 1 atom stereocenters. The minimum atomic E-state index is 0.335. The summed E-state index contributed by atoms with van der Waals surface area (Å²) in [5.74, 6) is 0. The van der Waals surface area contributed by atoms with Crippen molar-refractivity contribution in [2.45, 2.75) is 18.2 Å². The van der Waals surface area contributed by atoms with Crippen molar-refractivity contribution in [3.63, 3.8) is 0 Å². The monoisotopic (exact) mass is 275 g/mol. The van der Waals surface area contributed by atoms with Crippen molar-refractivity contribution in [1.82, 2.24) is 4.98 Å². The van der Waals surface area contributed by atoms with Crippen LogP contribution >= 0.6 is 15.9 Å². The van der Waals surface area contributed by atoms with Gasteiger partial charge in [0.1, 0.15) is 0 Å². The first kappa shape index (κ1) is 11.3. The Morgan fingerprint density at radius 1 is 1.19 bits per heavy atom. The molecule has 2 aromatic rings. The number of benzene rings is 1. The molecular formula is C14H14BrN. The molecule has 0 spiro atoms. The second-order valence-electron chi connectivity index (χ2n) is 3.88. The van der Waals surface area contributed by atoms with Crippen molar-refractivity contribution in [2.24, 2.45) is 0 Å². The fourth-order valence-electron chi connectivity index (χ4n) is 1.71. The summed E-state index contributed by atoms with van der Waals surface area (Å²) in [6, 6.07) is 12.6. The van der Waals surface area contributed by atoms with Crippen LogP contribution in [-0.4, -0.2) is 4.98 Å². The lowest BCUT2D eigenvalue weighted by molar-refractivity contribution is 0.930. The van der Waals surface area contributed by atoms with Crippen LogP contribution in [0.5, 0.6) is 0 Å². The number of hydrogen-bond donors (Lipinski definition) is 0. The van der Waals surface area contributed by atoms with Crippen LogP contribution in [0.2, 0.25) is 0 Å². The number of nitrogens with zero attached hydrogens (tertiary/aromatic N) is 1. The van der Waals surface area contributed by atoms with E-state index in [1.54, 1.807) is 6.20 Å². The Bertz CT molecular complexity index is 453. The summed E-state index contributed by atoms with van der Waals surface area (Å²) in [5.41, 5.74) is 3.95. The van der Waals surface area contributed by atoms with E-state index in [2.05, 4.69) is 58.2 Å².